The molecule has 0 atom stereocenters. The van der Waals surface area contributed by atoms with Crippen LogP contribution in [0.3, 0.4) is 0 Å². The molecule has 2 nitrogen and oxygen atoms in total. The standard InChI is InChI=1S/C18H38N2/c1-4-5-6-7-8-9-10-13-16-19-17-18(20(2)3)14-11-12-15-18/h19H,4-17H2,1-3H3. The molecule has 0 aliphatic heterocycles. The van der Waals surface area contributed by atoms with E-state index in [0.717, 1.165) is 0 Å². The van der Waals surface area contributed by atoms with Gasteiger partial charge in [0, 0.05) is 12.1 Å². The van der Waals surface area contributed by atoms with Gasteiger partial charge in [-0.15, -0.1) is 0 Å². The lowest BCUT2D eigenvalue weighted by Gasteiger charge is -2.36. The van der Waals surface area contributed by atoms with E-state index in [4.69, 9.17) is 0 Å². The van der Waals surface area contributed by atoms with E-state index in [9.17, 15) is 0 Å². The molecule has 0 unspecified atom stereocenters. The van der Waals surface area contributed by atoms with Gasteiger partial charge in [0.15, 0.2) is 0 Å². The minimum absolute atomic E-state index is 0.458. The van der Waals surface area contributed by atoms with Crippen LogP contribution in [0.4, 0.5) is 0 Å². The molecule has 1 aliphatic rings. The second-order valence-electron chi connectivity index (χ2n) is 6.98. The first-order valence-electron chi connectivity index (χ1n) is 9.09. The molecular weight excluding hydrogens is 244 g/mol. The highest BCUT2D eigenvalue weighted by atomic mass is 15.2. The molecule has 0 amide bonds. The molecule has 2 heteroatoms. The zero-order chi connectivity index (χ0) is 14.7. The van der Waals surface area contributed by atoms with Crippen LogP contribution in [0.15, 0.2) is 0 Å². The molecule has 20 heavy (non-hydrogen) atoms. The van der Waals surface area contributed by atoms with Gasteiger partial charge in [-0.3, -0.25) is 0 Å². The fourth-order valence-corrected chi connectivity index (χ4v) is 3.52. The van der Waals surface area contributed by atoms with Crippen LogP contribution in [-0.2, 0) is 0 Å². The molecule has 0 aromatic rings. The normalized spacial score (nSPS) is 18.0. The summed E-state index contributed by atoms with van der Waals surface area (Å²) in [5.74, 6) is 0. The lowest BCUT2D eigenvalue weighted by atomic mass is 9.96. The highest BCUT2D eigenvalue weighted by Gasteiger charge is 2.35. The van der Waals surface area contributed by atoms with E-state index in [1.807, 2.05) is 0 Å². The quantitative estimate of drug-likeness (QED) is 0.527. The predicted octanol–water partition coefficient (Wildman–Crippen LogP) is 4.59. The Hall–Kier alpha value is -0.0800. The maximum atomic E-state index is 3.72. The third-order valence-electron chi connectivity index (χ3n) is 5.14. The van der Waals surface area contributed by atoms with Crippen molar-refractivity contribution in [1.29, 1.82) is 0 Å². The molecule has 1 fully saturated rings. The fraction of sp³-hybridized carbons (Fsp3) is 1.00. The summed E-state index contributed by atoms with van der Waals surface area (Å²) < 4.78 is 0. The summed E-state index contributed by atoms with van der Waals surface area (Å²) in [6.45, 7) is 4.69. The van der Waals surface area contributed by atoms with Crippen molar-refractivity contribution in [2.45, 2.75) is 89.5 Å². The number of hydrogen-bond acceptors (Lipinski definition) is 2. The zero-order valence-corrected chi connectivity index (χ0v) is 14.3. The Morgan fingerprint density at radius 2 is 1.40 bits per heavy atom. The van der Waals surface area contributed by atoms with E-state index in [1.54, 1.807) is 0 Å². The highest BCUT2D eigenvalue weighted by molar-refractivity contribution is 4.94. The van der Waals surface area contributed by atoms with Gasteiger partial charge >= 0.3 is 0 Å². The van der Waals surface area contributed by atoms with E-state index in [2.05, 4.69) is 31.2 Å². The summed E-state index contributed by atoms with van der Waals surface area (Å²) in [7, 11) is 4.51. The number of likely N-dealkylation sites (N-methyl/N-ethyl adjacent to an activating group) is 1. The zero-order valence-electron chi connectivity index (χ0n) is 14.3. The Kier molecular flexibility index (Phi) is 9.54. The minimum Gasteiger partial charge on any atom is -0.315 e. The molecule has 0 aromatic heterocycles. The van der Waals surface area contributed by atoms with E-state index < -0.39 is 0 Å². The molecule has 1 saturated carbocycles. The number of unbranched alkanes of at least 4 members (excludes halogenated alkanes) is 7. The van der Waals surface area contributed by atoms with E-state index in [-0.39, 0.29) is 0 Å². The van der Waals surface area contributed by atoms with Crippen LogP contribution in [0.1, 0.15) is 84.0 Å². The van der Waals surface area contributed by atoms with Crippen LogP contribution in [-0.4, -0.2) is 37.6 Å². The highest BCUT2D eigenvalue weighted by Crippen LogP contribution is 2.33. The Bertz CT molecular complexity index is 219. The summed E-state index contributed by atoms with van der Waals surface area (Å²) >= 11 is 0. The molecule has 0 bridgehead atoms. The van der Waals surface area contributed by atoms with Crippen molar-refractivity contribution in [3.63, 3.8) is 0 Å². The summed E-state index contributed by atoms with van der Waals surface area (Å²) in [6, 6.07) is 0. The molecule has 1 rings (SSSR count). The maximum absolute atomic E-state index is 3.72. The van der Waals surface area contributed by atoms with Crippen LogP contribution in [0, 0.1) is 0 Å². The van der Waals surface area contributed by atoms with Crippen LogP contribution in [0.2, 0.25) is 0 Å². The van der Waals surface area contributed by atoms with Crippen LogP contribution in [0.5, 0.6) is 0 Å². The Balaban J connectivity index is 1.94. The SMILES string of the molecule is CCCCCCCCCCNCC1(N(C)C)CCCC1. The Morgan fingerprint density at radius 3 is 1.95 bits per heavy atom. The van der Waals surface area contributed by atoms with Crippen molar-refractivity contribution in [3.05, 3.63) is 0 Å². The van der Waals surface area contributed by atoms with E-state index >= 15 is 0 Å². The first-order valence-corrected chi connectivity index (χ1v) is 9.09. The number of nitrogens with one attached hydrogen (secondary N) is 1. The van der Waals surface area contributed by atoms with Gasteiger partial charge in [-0.25, -0.2) is 0 Å². The molecular formula is C18H38N2. The van der Waals surface area contributed by atoms with Crippen molar-refractivity contribution in [2.75, 3.05) is 27.2 Å². The second kappa shape index (κ2) is 10.6. The van der Waals surface area contributed by atoms with Gasteiger partial charge in [-0.2, -0.15) is 0 Å². The topological polar surface area (TPSA) is 15.3 Å². The largest absolute Gasteiger partial charge is 0.315 e. The summed E-state index contributed by atoms with van der Waals surface area (Å²) in [4.78, 5) is 2.46. The predicted molar refractivity (Wildman–Crippen MR) is 90.4 cm³/mol. The van der Waals surface area contributed by atoms with Gasteiger partial charge in [-0.05, 0) is 39.9 Å². The third-order valence-corrected chi connectivity index (χ3v) is 5.14. The van der Waals surface area contributed by atoms with Gasteiger partial charge in [0.1, 0.15) is 0 Å². The maximum Gasteiger partial charge on any atom is 0.0327 e. The number of nitrogens with zero attached hydrogens (tertiary/aromatic N) is 1. The van der Waals surface area contributed by atoms with Gasteiger partial charge in [0.25, 0.3) is 0 Å². The smallest absolute Gasteiger partial charge is 0.0327 e. The number of rotatable bonds is 12. The average molecular weight is 283 g/mol. The van der Waals surface area contributed by atoms with Crippen LogP contribution in [0.25, 0.3) is 0 Å². The van der Waals surface area contributed by atoms with E-state index in [1.165, 1.54) is 90.1 Å². The third kappa shape index (κ3) is 6.58. The second-order valence-corrected chi connectivity index (χ2v) is 6.98. The summed E-state index contributed by atoms with van der Waals surface area (Å²) in [6.07, 6.45) is 16.9. The molecule has 0 radical (unpaired) electrons. The monoisotopic (exact) mass is 282 g/mol. The fourth-order valence-electron chi connectivity index (χ4n) is 3.52. The van der Waals surface area contributed by atoms with Crippen molar-refractivity contribution >= 4 is 0 Å². The average Bonchev–Trinajstić information content (AvgIpc) is 2.91. The molecule has 0 heterocycles. The molecule has 120 valence electrons. The molecule has 1 aliphatic carbocycles. The first kappa shape index (κ1) is 18.0. The minimum atomic E-state index is 0.458. The van der Waals surface area contributed by atoms with E-state index in [0.29, 0.717) is 5.54 Å². The van der Waals surface area contributed by atoms with Crippen molar-refractivity contribution < 1.29 is 0 Å². The Morgan fingerprint density at radius 1 is 0.850 bits per heavy atom. The summed E-state index contributed by atoms with van der Waals surface area (Å²) in [5.41, 5.74) is 0.458. The lowest BCUT2D eigenvalue weighted by Crippen LogP contribution is -2.49. The van der Waals surface area contributed by atoms with Crippen molar-refractivity contribution in [3.8, 4) is 0 Å². The van der Waals surface area contributed by atoms with Crippen LogP contribution >= 0.6 is 0 Å². The van der Waals surface area contributed by atoms with Crippen molar-refractivity contribution in [1.82, 2.24) is 10.2 Å². The Labute approximate surface area is 127 Å². The first-order chi connectivity index (χ1) is 9.71. The lowest BCUT2D eigenvalue weighted by molar-refractivity contribution is 0.154. The van der Waals surface area contributed by atoms with Gasteiger partial charge in [0.05, 0.1) is 0 Å². The van der Waals surface area contributed by atoms with Gasteiger partial charge in [-0.1, -0.05) is 64.7 Å². The number of hydrogen-bond donors (Lipinski definition) is 1. The van der Waals surface area contributed by atoms with Gasteiger partial charge < -0.3 is 10.2 Å². The molecule has 0 saturated heterocycles. The van der Waals surface area contributed by atoms with Crippen LogP contribution < -0.4 is 5.32 Å². The molecule has 1 N–H and O–H groups in total. The van der Waals surface area contributed by atoms with Crippen molar-refractivity contribution in [2.24, 2.45) is 0 Å². The van der Waals surface area contributed by atoms with Gasteiger partial charge in [0.2, 0.25) is 0 Å². The molecule has 0 aromatic carbocycles. The molecule has 0 spiro atoms. The summed E-state index contributed by atoms with van der Waals surface area (Å²) in [5, 5.41) is 3.72.